The summed E-state index contributed by atoms with van der Waals surface area (Å²) in [4.78, 5) is 16.2. The van der Waals surface area contributed by atoms with Gasteiger partial charge in [-0.05, 0) is 43.2 Å². The summed E-state index contributed by atoms with van der Waals surface area (Å²) < 4.78 is 11.1. The Morgan fingerprint density at radius 2 is 1.96 bits per heavy atom. The number of hydrogen-bond acceptors (Lipinski definition) is 4. The molecule has 1 aromatic heterocycles. The van der Waals surface area contributed by atoms with E-state index in [4.69, 9.17) is 9.47 Å². The molecule has 126 valence electrons. The molecule has 1 aliphatic rings. The molecular formula is C19H22N2O3. The van der Waals surface area contributed by atoms with E-state index in [0.717, 1.165) is 12.0 Å². The van der Waals surface area contributed by atoms with Gasteiger partial charge in [-0.1, -0.05) is 17.7 Å². The molecule has 1 aromatic carbocycles. The van der Waals surface area contributed by atoms with Crippen LogP contribution in [0.25, 0.3) is 0 Å². The van der Waals surface area contributed by atoms with E-state index in [-0.39, 0.29) is 24.5 Å². The Balaban J connectivity index is 1.48. The first-order valence-corrected chi connectivity index (χ1v) is 8.16. The van der Waals surface area contributed by atoms with Crippen molar-refractivity contribution in [3.63, 3.8) is 0 Å². The summed E-state index contributed by atoms with van der Waals surface area (Å²) in [6, 6.07) is 11.7. The molecule has 2 aromatic rings. The molecule has 0 bridgehead atoms. The maximum absolute atomic E-state index is 12.1. The number of pyridine rings is 1. The van der Waals surface area contributed by atoms with Crippen molar-refractivity contribution in [1.29, 1.82) is 0 Å². The van der Waals surface area contributed by atoms with Crippen LogP contribution in [0, 0.1) is 12.8 Å². The van der Waals surface area contributed by atoms with Crippen LogP contribution in [-0.2, 0) is 16.0 Å². The molecule has 1 N–H and O–H groups in total. The normalized spacial score (nSPS) is 19.9. The van der Waals surface area contributed by atoms with E-state index in [1.165, 1.54) is 5.56 Å². The van der Waals surface area contributed by atoms with Crippen LogP contribution in [0.1, 0.15) is 11.1 Å². The van der Waals surface area contributed by atoms with Gasteiger partial charge in [0.15, 0.2) is 6.61 Å². The Kier molecular flexibility index (Phi) is 5.43. The van der Waals surface area contributed by atoms with Crippen LogP contribution in [0.5, 0.6) is 5.75 Å². The van der Waals surface area contributed by atoms with E-state index in [1.807, 2.05) is 43.3 Å². The van der Waals surface area contributed by atoms with E-state index in [1.54, 1.807) is 12.4 Å². The van der Waals surface area contributed by atoms with Crippen LogP contribution in [0.15, 0.2) is 48.8 Å². The summed E-state index contributed by atoms with van der Waals surface area (Å²) in [5.74, 6) is 0.855. The molecule has 1 fully saturated rings. The van der Waals surface area contributed by atoms with Crippen molar-refractivity contribution in [3.8, 4) is 5.75 Å². The Morgan fingerprint density at radius 3 is 2.71 bits per heavy atom. The van der Waals surface area contributed by atoms with Gasteiger partial charge in [0.25, 0.3) is 5.91 Å². The highest BCUT2D eigenvalue weighted by Gasteiger charge is 2.29. The summed E-state index contributed by atoms with van der Waals surface area (Å²) in [7, 11) is 0. The molecule has 2 heterocycles. The van der Waals surface area contributed by atoms with Gasteiger partial charge in [0, 0.05) is 18.3 Å². The zero-order chi connectivity index (χ0) is 16.8. The topological polar surface area (TPSA) is 60.5 Å². The molecule has 0 aliphatic carbocycles. The highest BCUT2D eigenvalue weighted by Crippen LogP contribution is 2.19. The quantitative estimate of drug-likeness (QED) is 0.883. The zero-order valence-electron chi connectivity index (χ0n) is 13.8. The van der Waals surface area contributed by atoms with Crippen LogP contribution in [0.3, 0.4) is 0 Å². The molecule has 1 amide bonds. The van der Waals surface area contributed by atoms with Gasteiger partial charge in [0.2, 0.25) is 0 Å². The minimum absolute atomic E-state index is 0.0154. The average molecular weight is 326 g/mol. The van der Waals surface area contributed by atoms with Crippen LogP contribution < -0.4 is 10.1 Å². The summed E-state index contributed by atoms with van der Waals surface area (Å²) in [5.41, 5.74) is 2.37. The monoisotopic (exact) mass is 326 g/mol. The molecular weight excluding hydrogens is 304 g/mol. The number of hydrogen-bond donors (Lipinski definition) is 1. The number of rotatable bonds is 6. The second-order valence-corrected chi connectivity index (χ2v) is 6.13. The summed E-state index contributed by atoms with van der Waals surface area (Å²) in [6.45, 7) is 3.24. The maximum atomic E-state index is 12.1. The van der Waals surface area contributed by atoms with Crippen molar-refractivity contribution in [2.45, 2.75) is 19.4 Å². The van der Waals surface area contributed by atoms with Crippen molar-refractivity contribution in [2.24, 2.45) is 5.92 Å². The van der Waals surface area contributed by atoms with E-state index >= 15 is 0 Å². The van der Waals surface area contributed by atoms with E-state index in [2.05, 4.69) is 10.3 Å². The summed E-state index contributed by atoms with van der Waals surface area (Å²) in [5, 5.41) is 3.03. The first kappa shape index (κ1) is 16.5. The number of nitrogens with one attached hydrogen (secondary N) is 1. The highest BCUT2D eigenvalue weighted by atomic mass is 16.5. The van der Waals surface area contributed by atoms with E-state index < -0.39 is 0 Å². The SMILES string of the molecule is Cc1ccc(OCC(=O)N[C@@H]2COC[C@H]2Cc2ccncc2)cc1. The second-order valence-electron chi connectivity index (χ2n) is 6.13. The molecule has 1 saturated heterocycles. The molecule has 5 heteroatoms. The third-order valence-corrected chi connectivity index (χ3v) is 4.18. The van der Waals surface area contributed by atoms with Crippen LogP contribution in [0.2, 0.25) is 0 Å². The van der Waals surface area contributed by atoms with Crippen LogP contribution in [-0.4, -0.2) is 36.8 Å². The van der Waals surface area contributed by atoms with Gasteiger partial charge in [-0.25, -0.2) is 0 Å². The minimum Gasteiger partial charge on any atom is -0.484 e. The van der Waals surface area contributed by atoms with E-state index in [9.17, 15) is 4.79 Å². The fourth-order valence-corrected chi connectivity index (χ4v) is 2.81. The van der Waals surface area contributed by atoms with Crippen molar-refractivity contribution < 1.29 is 14.3 Å². The first-order valence-electron chi connectivity index (χ1n) is 8.16. The van der Waals surface area contributed by atoms with Gasteiger partial charge < -0.3 is 14.8 Å². The smallest absolute Gasteiger partial charge is 0.258 e. The Hall–Kier alpha value is -2.40. The lowest BCUT2D eigenvalue weighted by Gasteiger charge is -2.19. The number of nitrogens with zero attached hydrogens (tertiary/aromatic N) is 1. The minimum atomic E-state index is -0.120. The number of amides is 1. The Morgan fingerprint density at radius 1 is 1.21 bits per heavy atom. The van der Waals surface area contributed by atoms with Gasteiger partial charge in [0.05, 0.1) is 19.3 Å². The molecule has 1 aliphatic heterocycles. The standard InChI is InChI=1S/C19H22N2O3/c1-14-2-4-17(5-3-14)24-13-19(22)21-18-12-23-11-16(18)10-15-6-8-20-9-7-15/h2-9,16,18H,10-13H2,1H3,(H,21,22)/t16-,18-/m1/s1. The van der Waals surface area contributed by atoms with Crippen LogP contribution >= 0.6 is 0 Å². The van der Waals surface area contributed by atoms with Crippen molar-refractivity contribution in [2.75, 3.05) is 19.8 Å². The Labute approximate surface area is 142 Å². The number of aryl methyl sites for hydroxylation is 1. The molecule has 0 radical (unpaired) electrons. The number of benzene rings is 1. The largest absolute Gasteiger partial charge is 0.484 e. The fraction of sp³-hybridized carbons (Fsp3) is 0.368. The van der Waals surface area contributed by atoms with Crippen molar-refractivity contribution in [1.82, 2.24) is 10.3 Å². The fourth-order valence-electron chi connectivity index (χ4n) is 2.81. The van der Waals surface area contributed by atoms with Gasteiger partial charge in [0.1, 0.15) is 5.75 Å². The number of ether oxygens (including phenoxy) is 2. The lowest BCUT2D eigenvalue weighted by Crippen LogP contribution is -2.42. The predicted molar refractivity (Wildman–Crippen MR) is 90.9 cm³/mol. The molecule has 5 nitrogen and oxygen atoms in total. The van der Waals surface area contributed by atoms with Gasteiger partial charge in [-0.3, -0.25) is 9.78 Å². The lowest BCUT2D eigenvalue weighted by molar-refractivity contribution is -0.124. The Bertz CT molecular complexity index is 658. The maximum Gasteiger partial charge on any atom is 0.258 e. The number of carbonyl (C=O) groups is 1. The number of carbonyl (C=O) groups excluding carboxylic acids is 1. The molecule has 0 saturated carbocycles. The first-order chi connectivity index (χ1) is 11.7. The van der Waals surface area contributed by atoms with Gasteiger partial charge >= 0.3 is 0 Å². The average Bonchev–Trinajstić information content (AvgIpc) is 3.02. The zero-order valence-corrected chi connectivity index (χ0v) is 13.8. The molecule has 0 spiro atoms. The van der Waals surface area contributed by atoms with Crippen molar-refractivity contribution >= 4 is 5.91 Å². The molecule has 2 atom stereocenters. The number of aromatic nitrogens is 1. The molecule has 3 rings (SSSR count). The molecule has 0 unspecified atom stereocenters. The summed E-state index contributed by atoms with van der Waals surface area (Å²) in [6.07, 6.45) is 4.44. The third kappa shape index (κ3) is 4.55. The summed E-state index contributed by atoms with van der Waals surface area (Å²) >= 11 is 0. The van der Waals surface area contributed by atoms with Gasteiger partial charge in [-0.2, -0.15) is 0 Å². The van der Waals surface area contributed by atoms with Crippen LogP contribution in [0.4, 0.5) is 0 Å². The van der Waals surface area contributed by atoms with Gasteiger partial charge in [-0.15, -0.1) is 0 Å². The predicted octanol–water partition coefficient (Wildman–Crippen LogP) is 2.14. The highest BCUT2D eigenvalue weighted by molar-refractivity contribution is 5.77. The lowest BCUT2D eigenvalue weighted by atomic mass is 9.95. The molecule has 24 heavy (non-hydrogen) atoms. The third-order valence-electron chi connectivity index (χ3n) is 4.18. The van der Waals surface area contributed by atoms with Crippen molar-refractivity contribution in [3.05, 3.63) is 59.9 Å². The van der Waals surface area contributed by atoms with E-state index in [0.29, 0.717) is 19.0 Å². The second kappa shape index (κ2) is 7.93.